The second kappa shape index (κ2) is 8.07. The second-order valence-corrected chi connectivity index (χ2v) is 3.37. The fourth-order valence-electron chi connectivity index (χ4n) is 0.580. The predicted octanol–water partition coefficient (Wildman–Crippen LogP) is 1.38. The van der Waals surface area contributed by atoms with Gasteiger partial charge in [0.2, 0.25) is 0 Å². The van der Waals surface area contributed by atoms with Gasteiger partial charge >= 0.3 is 0 Å². The Labute approximate surface area is 90.3 Å². The molecule has 0 amide bonds. The first-order valence-electron chi connectivity index (χ1n) is 4.56. The van der Waals surface area contributed by atoms with Gasteiger partial charge in [-0.05, 0) is 13.3 Å². The fourth-order valence-corrected chi connectivity index (χ4v) is 0.689. The molecule has 0 saturated carbocycles. The molecule has 14 heavy (non-hydrogen) atoms. The quantitative estimate of drug-likeness (QED) is 0.318. The first-order valence-corrected chi connectivity index (χ1v) is 5.09. The van der Waals surface area contributed by atoms with Crippen LogP contribution in [0, 0.1) is 11.8 Å². The van der Waals surface area contributed by atoms with E-state index in [2.05, 4.69) is 11.8 Å². The lowest BCUT2D eigenvalue weighted by molar-refractivity contribution is -0.0365. The molecular weight excluding hydrogens is 204 g/mol. The molecule has 0 aliphatic rings. The third kappa shape index (κ3) is 8.33. The van der Waals surface area contributed by atoms with Gasteiger partial charge in [0, 0.05) is 5.88 Å². The van der Waals surface area contributed by atoms with Gasteiger partial charge in [0.15, 0.2) is 0 Å². The molecule has 0 aliphatic carbocycles. The van der Waals surface area contributed by atoms with E-state index >= 15 is 0 Å². The minimum Gasteiger partial charge on any atom is -0.378 e. The molecular formula is C10H17ClO3. The second-order valence-electron chi connectivity index (χ2n) is 2.99. The van der Waals surface area contributed by atoms with E-state index in [0.717, 1.165) is 0 Å². The molecule has 0 unspecified atom stereocenters. The Hall–Kier alpha value is -0.270. The summed E-state index contributed by atoms with van der Waals surface area (Å²) in [7, 11) is 0. The predicted molar refractivity (Wildman–Crippen MR) is 56.2 cm³/mol. The third-order valence-corrected chi connectivity index (χ3v) is 1.76. The van der Waals surface area contributed by atoms with E-state index in [0.29, 0.717) is 18.9 Å². The number of rotatable bonds is 6. The van der Waals surface area contributed by atoms with Crippen molar-refractivity contribution in [3.05, 3.63) is 0 Å². The van der Waals surface area contributed by atoms with Gasteiger partial charge in [0.25, 0.3) is 0 Å². The summed E-state index contributed by atoms with van der Waals surface area (Å²) in [6.07, 6.45) is 0.600. The van der Waals surface area contributed by atoms with E-state index in [1.54, 1.807) is 6.92 Å². The topological polar surface area (TPSA) is 38.7 Å². The van der Waals surface area contributed by atoms with Crippen LogP contribution in [0.4, 0.5) is 0 Å². The average molecular weight is 221 g/mol. The summed E-state index contributed by atoms with van der Waals surface area (Å²) < 4.78 is 9.97. The van der Waals surface area contributed by atoms with Crippen LogP contribution >= 0.6 is 11.6 Å². The van der Waals surface area contributed by atoms with Crippen molar-refractivity contribution in [1.82, 2.24) is 0 Å². The van der Waals surface area contributed by atoms with E-state index in [4.69, 9.17) is 21.1 Å². The Morgan fingerprint density at radius 2 is 2.14 bits per heavy atom. The number of hydrogen-bond acceptors (Lipinski definition) is 3. The van der Waals surface area contributed by atoms with Crippen molar-refractivity contribution in [3.63, 3.8) is 0 Å². The zero-order valence-electron chi connectivity index (χ0n) is 8.68. The SMILES string of the molecule is CC[C@](C)(O)C#CCOCOCCCl. The number of aliphatic hydroxyl groups is 1. The normalized spacial score (nSPS) is 14.3. The van der Waals surface area contributed by atoms with Crippen LogP contribution in [-0.2, 0) is 9.47 Å². The van der Waals surface area contributed by atoms with Crippen molar-refractivity contribution in [3.8, 4) is 11.8 Å². The number of ether oxygens (including phenoxy) is 2. The molecule has 1 atom stereocenters. The molecule has 0 bridgehead atoms. The molecule has 0 saturated heterocycles. The maximum atomic E-state index is 9.49. The molecule has 4 heteroatoms. The van der Waals surface area contributed by atoms with Crippen LogP contribution in [0.3, 0.4) is 0 Å². The Kier molecular flexibility index (Phi) is 7.92. The maximum Gasteiger partial charge on any atom is 0.148 e. The molecule has 0 heterocycles. The Morgan fingerprint density at radius 3 is 2.71 bits per heavy atom. The van der Waals surface area contributed by atoms with E-state index in [1.165, 1.54) is 0 Å². The van der Waals surface area contributed by atoms with E-state index in [1.807, 2.05) is 6.92 Å². The summed E-state index contributed by atoms with van der Waals surface area (Å²) in [5, 5.41) is 9.49. The van der Waals surface area contributed by atoms with Crippen LogP contribution < -0.4 is 0 Å². The highest BCUT2D eigenvalue weighted by Crippen LogP contribution is 2.04. The lowest BCUT2D eigenvalue weighted by Crippen LogP contribution is -2.19. The molecule has 0 aromatic rings. The highest BCUT2D eigenvalue weighted by molar-refractivity contribution is 6.17. The van der Waals surface area contributed by atoms with Gasteiger partial charge in [-0.3, -0.25) is 0 Å². The van der Waals surface area contributed by atoms with E-state index in [9.17, 15) is 5.11 Å². The first kappa shape index (κ1) is 13.7. The van der Waals surface area contributed by atoms with Crippen LogP contribution in [0.2, 0.25) is 0 Å². The van der Waals surface area contributed by atoms with Crippen molar-refractivity contribution in [2.75, 3.05) is 25.9 Å². The van der Waals surface area contributed by atoms with Gasteiger partial charge in [-0.25, -0.2) is 0 Å². The monoisotopic (exact) mass is 220 g/mol. The zero-order valence-corrected chi connectivity index (χ0v) is 9.43. The largest absolute Gasteiger partial charge is 0.378 e. The third-order valence-electron chi connectivity index (χ3n) is 1.61. The molecule has 0 radical (unpaired) electrons. The lowest BCUT2D eigenvalue weighted by atomic mass is 10.1. The van der Waals surface area contributed by atoms with Crippen molar-refractivity contribution in [2.45, 2.75) is 25.9 Å². The average Bonchev–Trinajstić information content (AvgIpc) is 2.16. The molecule has 0 aromatic heterocycles. The van der Waals surface area contributed by atoms with Gasteiger partial charge < -0.3 is 14.6 Å². The highest BCUT2D eigenvalue weighted by atomic mass is 35.5. The van der Waals surface area contributed by atoms with Crippen LogP contribution in [0.25, 0.3) is 0 Å². The van der Waals surface area contributed by atoms with Crippen molar-refractivity contribution >= 4 is 11.6 Å². The van der Waals surface area contributed by atoms with Gasteiger partial charge in [-0.2, -0.15) is 0 Å². The van der Waals surface area contributed by atoms with Crippen LogP contribution in [0.15, 0.2) is 0 Å². The summed E-state index contributed by atoms with van der Waals surface area (Å²) in [6.45, 7) is 4.47. The van der Waals surface area contributed by atoms with Crippen LogP contribution in [0.5, 0.6) is 0 Å². The van der Waals surface area contributed by atoms with Gasteiger partial charge in [-0.15, -0.1) is 11.6 Å². The summed E-state index contributed by atoms with van der Waals surface area (Å²) >= 11 is 5.38. The smallest absolute Gasteiger partial charge is 0.148 e. The molecule has 3 nitrogen and oxygen atoms in total. The molecule has 0 spiro atoms. The summed E-state index contributed by atoms with van der Waals surface area (Å²) in [5.41, 5.74) is -0.916. The van der Waals surface area contributed by atoms with E-state index in [-0.39, 0.29) is 13.4 Å². The van der Waals surface area contributed by atoms with Gasteiger partial charge in [-0.1, -0.05) is 18.8 Å². The minimum absolute atomic E-state index is 0.190. The molecule has 0 fully saturated rings. The molecule has 0 aliphatic heterocycles. The number of halogens is 1. The van der Waals surface area contributed by atoms with Crippen molar-refractivity contribution in [2.24, 2.45) is 0 Å². The standard InChI is InChI=1S/C10H17ClO3/c1-3-10(2,12)5-4-7-13-9-14-8-6-11/h12H,3,6-9H2,1-2H3/t10-/m0/s1. The van der Waals surface area contributed by atoms with Crippen LogP contribution in [0.1, 0.15) is 20.3 Å². The number of alkyl halides is 1. The number of hydrogen-bond donors (Lipinski definition) is 1. The Bertz CT molecular complexity index is 193. The fraction of sp³-hybridized carbons (Fsp3) is 0.800. The highest BCUT2D eigenvalue weighted by Gasteiger charge is 2.11. The summed E-state index contributed by atoms with van der Waals surface area (Å²) in [4.78, 5) is 0. The maximum absolute atomic E-state index is 9.49. The lowest BCUT2D eigenvalue weighted by Gasteiger charge is -2.11. The zero-order chi connectivity index (χ0) is 10.9. The minimum atomic E-state index is -0.916. The molecule has 1 N–H and O–H groups in total. The molecule has 82 valence electrons. The van der Waals surface area contributed by atoms with Gasteiger partial charge in [0.05, 0.1) is 6.61 Å². The van der Waals surface area contributed by atoms with Crippen LogP contribution in [-0.4, -0.2) is 36.6 Å². The van der Waals surface area contributed by atoms with Crippen molar-refractivity contribution < 1.29 is 14.6 Å². The summed E-state index contributed by atoms with van der Waals surface area (Å²) in [5.74, 6) is 5.87. The van der Waals surface area contributed by atoms with Gasteiger partial charge in [0.1, 0.15) is 19.0 Å². The Balaban J connectivity index is 3.43. The summed E-state index contributed by atoms with van der Waals surface area (Å²) in [6, 6.07) is 0. The van der Waals surface area contributed by atoms with Crippen molar-refractivity contribution in [1.29, 1.82) is 0 Å². The van der Waals surface area contributed by atoms with E-state index < -0.39 is 5.60 Å². The first-order chi connectivity index (χ1) is 6.62. The Morgan fingerprint density at radius 1 is 1.43 bits per heavy atom. The molecule has 0 aromatic carbocycles. The molecule has 0 rings (SSSR count).